The Hall–Kier alpha value is -1.25. The number of rotatable bonds is 4. The van der Waals surface area contributed by atoms with Crippen LogP contribution in [0.1, 0.15) is 60.3 Å². The molecular formula is C20H31O3-. The van der Waals surface area contributed by atoms with Crippen LogP contribution in [0.4, 0.5) is 0 Å². The second-order valence-electron chi connectivity index (χ2n) is 8.04. The van der Waals surface area contributed by atoms with Crippen molar-refractivity contribution in [1.29, 1.82) is 0 Å². The first-order valence-corrected chi connectivity index (χ1v) is 8.89. The van der Waals surface area contributed by atoms with E-state index in [1.165, 1.54) is 12.7 Å². The molecule has 3 heteroatoms. The summed E-state index contributed by atoms with van der Waals surface area (Å²) in [5.41, 5.74) is 1.80. The first-order chi connectivity index (χ1) is 10.7. The lowest BCUT2D eigenvalue weighted by molar-refractivity contribution is -0.324. The number of carbonyl (C=O) groups is 1. The Balaban J connectivity index is 2.28. The summed E-state index contributed by atoms with van der Waals surface area (Å²) in [5, 5.41) is 12.8. The minimum Gasteiger partial charge on any atom is -0.875 e. The van der Waals surface area contributed by atoms with Crippen LogP contribution < -0.4 is 5.11 Å². The monoisotopic (exact) mass is 319 g/mol. The minimum atomic E-state index is -0.429. The molecule has 2 aliphatic rings. The van der Waals surface area contributed by atoms with E-state index in [1.54, 1.807) is 0 Å². The molecule has 1 saturated carbocycles. The van der Waals surface area contributed by atoms with Gasteiger partial charge < -0.3 is 9.84 Å². The fourth-order valence-corrected chi connectivity index (χ4v) is 4.54. The third kappa shape index (κ3) is 3.20. The molecule has 0 saturated heterocycles. The van der Waals surface area contributed by atoms with E-state index in [-0.39, 0.29) is 17.1 Å². The molecule has 130 valence electrons. The van der Waals surface area contributed by atoms with Crippen LogP contribution in [0.25, 0.3) is 0 Å². The maximum atomic E-state index is 12.8. The molecule has 23 heavy (non-hydrogen) atoms. The Labute approximate surface area is 140 Å². The molecule has 0 aliphatic heterocycles. The minimum absolute atomic E-state index is 0.00805. The predicted molar refractivity (Wildman–Crippen MR) is 90.4 cm³/mol. The van der Waals surface area contributed by atoms with E-state index >= 15 is 0 Å². The summed E-state index contributed by atoms with van der Waals surface area (Å²) in [6, 6.07) is 0. The molecule has 0 aromatic rings. The van der Waals surface area contributed by atoms with Crippen LogP contribution in [0.5, 0.6) is 0 Å². The van der Waals surface area contributed by atoms with Crippen molar-refractivity contribution in [3.63, 3.8) is 0 Å². The van der Waals surface area contributed by atoms with Crippen molar-refractivity contribution in [1.82, 2.24) is 0 Å². The maximum absolute atomic E-state index is 12.8. The molecule has 4 atom stereocenters. The average molecular weight is 319 g/mol. The van der Waals surface area contributed by atoms with Crippen molar-refractivity contribution in [3.05, 3.63) is 23.0 Å². The predicted octanol–water partition coefficient (Wildman–Crippen LogP) is 3.84. The normalized spacial score (nSPS) is 32.9. The molecule has 3 nitrogen and oxygen atoms in total. The number of carbonyl (C=O) groups excluding carboxylic acids is 1. The van der Waals surface area contributed by atoms with E-state index in [9.17, 15) is 9.90 Å². The second kappa shape index (κ2) is 6.70. The van der Waals surface area contributed by atoms with Gasteiger partial charge in [0.25, 0.3) is 0 Å². The lowest BCUT2D eigenvalue weighted by Gasteiger charge is -2.45. The first-order valence-electron chi connectivity index (χ1n) is 8.89. The number of hydrogen-bond donors (Lipinski definition) is 0. The van der Waals surface area contributed by atoms with Crippen molar-refractivity contribution < 1.29 is 14.6 Å². The zero-order valence-corrected chi connectivity index (χ0v) is 15.4. The van der Waals surface area contributed by atoms with Crippen molar-refractivity contribution in [2.75, 3.05) is 7.11 Å². The molecule has 0 heterocycles. The van der Waals surface area contributed by atoms with Gasteiger partial charge in [0, 0.05) is 5.57 Å². The highest BCUT2D eigenvalue weighted by molar-refractivity contribution is 5.89. The first kappa shape index (κ1) is 18.1. The molecule has 2 rings (SSSR count). The van der Waals surface area contributed by atoms with Gasteiger partial charge in [-0.1, -0.05) is 39.3 Å². The van der Waals surface area contributed by atoms with Crippen LogP contribution in [0.2, 0.25) is 0 Å². The Morgan fingerprint density at radius 1 is 1.35 bits per heavy atom. The molecule has 0 aromatic carbocycles. The highest BCUT2D eigenvalue weighted by Crippen LogP contribution is 2.58. The van der Waals surface area contributed by atoms with E-state index < -0.39 is 5.97 Å². The molecular weight excluding hydrogens is 288 g/mol. The van der Waals surface area contributed by atoms with Gasteiger partial charge in [-0.15, -0.1) is 5.76 Å². The van der Waals surface area contributed by atoms with Crippen LogP contribution >= 0.6 is 0 Å². The van der Waals surface area contributed by atoms with Crippen LogP contribution in [0, 0.1) is 29.1 Å². The Morgan fingerprint density at radius 2 is 2.00 bits per heavy atom. The van der Waals surface area contributed by atoms with E-state index in [1.807, 2.05) is 0 Å². The van der Waals surface area contributed by atoms with Gasteiger partial charge in [0.2, 0.25) is 0 Å². The van der Waals surface area contributed by atoms with Crippen LogP contribution in [0.15, 0.2) is 23.0 Å². The third-order valence-electron chi connectivity index (χ3n) is 6.42. The molecule has 0 amide bonds. The van der Waals surface area contributed by atoms with Crippen LogP contribution in [-0.2, 0) is 9.53 Å². The standard InChI is InChI=1S/C20H32O3/c1-12(2)13(3)11-14(4)16-7-8-17-18(21)15(19(22)23-6)9-10-20(16,17)5/h11-13,16-17,21H,7-10H2,1-6H3/p-1/b14-11-/t13?,16?,17-,20-/m1/s1. The Bertz CT molecular complexity index is 529. The average Bonchev–Trinajstić information content (AvgIpc) is 2.84. The molecule has 0 aromatic heterocycles. The summed E-state index contributed by atoms with van der Waals surface area (Å²) in [6.07, 6.45) is 5.80. The maximum Gasteiger partial charge on any atom is 0.332 e. The molecule has 0 N–H and O–H groups in total. The molecule has 0 spiro atoms. The van der Waals surface area contributed by atoms with E-state index in [0.717, 1.165) is 19.3 Å². The highest BCUT2D eigenvalue weighted by atomic mass is 16.5. The summed E-state index contributed by atoms with van der Waals surface area (Å²) < 4.78 is 4.79. The quantitative estimate of drug-likeness (QED) is 0.584. The number of methoxy groups -OCH3 is 1. The van der Waals surface area contributed by atoms with Crippen molar-refractivity contribution in [2.24, 2.45) is 29.1 Å². The Kier molecular flexibility index (Phi) is 5.27. The third-order valence-corrected chi connectivity index (χ3v) is 6.42. The van der Waals surface area contributed by atoms with Crippen LogP contribution in [-0.4, -0.2) is 13.1 Å². The fourth-order valence-electron chi connectivity index (χ4n) is 4.54. The van der Waals surface area contributed by atoms with E-state index in [2.05, 4.69) is 40.7 Å². The molecule has 2 aliphatic carbocycles. The summed E-state index contributed by atoms with van der Waals surface area (Å²) in [6.45, 7) is 11.2. The summed E-state index contributed by atoms with van der Waals surface area (Å²) in [5.74, 6) is 1.22. The van der Waals surface area contributed by atoms with Crippen molar-refractivity contribution in [3.8, 4) is 0 Å². The number of esters is 1. The van der Waals surface area contributed by atoms with Crippen molar-refractivity contribution >= 4 is 5.97 Å². The van der Waals surface area contributed by atoms with E-state index in [4.69, 9.17) is 4.74 Å². The van der Waals surface area contributed by atoms with Gasteiger partial charge in [0.05, 0.1) is 7.11 Å². The topological polar surface area (TPSA) is 49.4 Å². The lowest BCUT2D eigenvalue weighted by Crippen LogP contribution is -2.39. The number of ether oxygens (including phenoxy) is 1. The van der Waals surface area contributed by atoms with Gasteiger partial charge in [-0.25, -0.2) is 4.79 Å². The van der Waals surface area contributed by atoms with Gasteiger partial charge in [0.1, 0.15) is 0 Å². The highest BCUT2D eigenvalue weighted by Gasteiger charge is 2.49. The van der Waals surface area contributed by atoms with Gasteiger partial charge in [-0.3, -0.25) is 0 Å². The summed E-state index contributed by atoms with van der Waals surface area (Å²) in [4.78, 5) is 11.8. The van der Waals surface area contributed by atoms with E-state index in [0.29, 0.717) is 29.7 Å². The largest absolute Gasteiger partial charge is 0.875 e. The summed E-state index contributed by atoms with van der Waals surface area (Å²) in [7, 11) is 1.36. The molecule has 1 fully saturated rings. The molecule has 2 unspecified atom stereocenters. The van der Waals surface area contributed by atoms with Gasteiger partial charge >= 0.3 is 5.97 Å². The number of fused-ring (bicyclic) bond motifs is 1. The summed E-state index contributed by atoms with van der Waals surface area (Å²) >= 11 is 0. The van der Waals surface area contributed by atoms with Gasteiger partial charge in [-0.05, 0) is 61.7 Å². The fraction of sp³-hybridized carbons (Fsp3) is 0.750. The second-order valence-corrected chi connectivity index (χ2v) is 8.04. The van der Waals surface area contributed by atoms with Gasteiger partial charge in [0.15, 0.2) is 0 Å². The van der Waals surface area contributed by atoms with Crippen molar-refractivity contribution in [2.45, 2.75) is 60.3 Å². The molecule has 0 radical (unpaired) electrons. The lowest BCUT2D eigenvalue weighted by atomic mass is 9.64. The smallest absolute Gasteiger partial charge is 0.332 e. The van der Waals surface area contributed by atoms with Crippen LogP contribution in [0.3, 0.4) is 0 Å². The Morgan fingerprint density at radius 3 is 2.57 bits per heavy atom. The number of allylic oxidation sites excluding steroid dienone is 3. The van der Waals surface area contributed by atoms with Gasteiger partial charge in [-0.2, -0.15) is 0 Å². The number of hydrogen-bond acceptors (Lipinski definition) is 3. The zero-order chi connectivity index (χ0) is 17.4. The molecule has 0 bridgehead atoms. The SMILES string of the molecule is COC(=O)C1=C([O-])[C@H]2CCC(/C(C)=C\C(C)C(C)C)[C@@]2(C)CC1. The zero-order valence-electron chi connectivity index (χ0n) is 15.4.